The molecule has 0 aliphatic carbocycles. The molecule has 6 nitrogen and oxygen atoms in total. The lowest BCUT2D eigenvalue weighted by atomic mass is 10.2. The third-order valence-electron chi connectivity index (χ3n) is 3.58. The number of aromatic amines is 1. The van der Waals surface area contributed by atoms with Crippen LogP contribution in [0.5, 0.6) is 11.5 Å². The van der Waals surface area contributed by atoms with E-state index in [9.17, 15) is 9.59 Å². The molecule has 0 bridgehead atoms. The molecule has 0 saturated heterocycles. The van der Waals surface area contributed by atoms with Crippen LogP contribution in [0.15, 0.2) is 70.6 Å². The number of aryl methyl sites for hydroxylation is 1. The molecule has 0 radical (unpaired) electrons. The minimum Gasteiger partial charge on any atom is -0.457 e. The van der Waals surface area contributed by atoms with Gasteiger partial charge in [0.25, 0.3) is 5.56 Å². The van der Waals surface area contributed by atoms with E-state index in [-0.39, 0.29) is 17.2 Å². The maximum absolute atomic E-state index is 12.0. The van der Waals surface area contributed by atoms with Gasteiger partial charge >= 0.3 is 0 Å². The highest BCUT2D eigenvalue weighted by molar-refractivity contribution is 7.99. The summed E-state index contributed by atoms with van der Waals surface area (Å²) in [5.41, 5.74) is 1.37. The molecular formula is C20H19N3O3S. The van der Waals surface area contributed by atoms with Gasteiger partial charge in [0, 0.05) is 18.3 Å². The fraction of sp³-hybridized carbons (Fsp3) is 0.150. The van der Waals surface area contributed by atoms with Crippen LogP contribution in [0.4, 0.5) is 0 Å². The van der Waals surface area contributed by atoms with Crippen LogP contribution in [0, 0.1) is 6.92 Å². The van der Waals surface area contributed by atoms with E-state index in [4.69, 9.17) is 4.74 Å². The van der Waals surface area contributed by atoms with Gasteiger partial charge in [-0.15, -0.1) is 0 Å². The Balaban J connectivity index is 1.46. The van der Waals surface area contributed by atoms with Crippen molar-refractivity contribution in [2.75, 3.05) is 5.75 Å². The van der Waals surface area contributed by atoms with Gasteiger partial charge in [-0.1, -0.05) is 42.1 Å². The highest BCUT2D eigenvalue weighted by Crippen LogP contribution is 2.21. The average Bonchev–Trinajstić information content (AvgIpc) is 2.66. The lowest BCUT2D eigenvalue weighted by Crippen LogP contribution is -2.24. The van der Waals surface area contributed by atoms with E-state index >= 15 is 0 Å². The Kier molecular flexibility index (Phi) is 6.27. The SMILES string of the molecule is Cc1cc(=O)[nH]c(SCC(=O)NCc2ccc(Oc3ccccc3)cc2)n1. The second-order valence-corrected chi connectivity index (χ2v) is 6.78. The van der Waals surface area contributed by atoms with E-state index in [1.807, 2.05) is 54.6 Å². The number of aromatic nitrogens is 2. The molecule has 0 unspecified atom stereocenters. The van der Waals surface area contributed by atoms with Crippen molar-refractivity contribution in [3.63, 3.8) is 0 Å². The number of ether oxygens (including phenoxy) is 1. The molecule has 1 aromatic heterocycles. The number of amides is 1. The van der Waals surface area contributed by atoms with Crippen molar-refractivity contribution in [2.24, 2.45) is 0 Å². The number of carbonyl (C=O) groups excluding carboxylic acids is 1. The quantitative estimate of drug-likeness (QED) is 0.485. The summed E-state index contributed by atoms with van der Waals surface area (Å²) in [5.74, 6) is 1.56. The molecule has 1 amide bonds. The van der Waals surface area contributed by atoms with Crippen LogP contribution in [0.25, 0.3) is 0 Å². The molecule has 27 heavy (non-hydrogen) atoms. The zero-order valence-electron chi connectivity index (χ0n) is 14.8. The van der Waals surface area contributed by atoms with Gasteiger partial charge in [0.2, 0.25) is 5.91 Å². The first kappa shape index (κ1) is 18.7. The van der Waals surface area contributed by atoms with E-state index in [0.717, 1.165) is 17.1 Å². The molecule has 2 N–H and O–H groups in total. The number of nitrogens with one attached hydrogen (secondary N) is 2. The van der Waals surface area contributed by atoms with E-state index < -0.39 is 0 Å². The second-order valence-electron chi connectivity index (χ2n) is 5.82. The largest absolute Gasteiger partial charge is 0.457 e. The van der Waals surface area contributed by atoms with Crippen LogP contribution in [0.1, 0.15) is 11.3 Å². The first-order valence-corrected chi connectivity index (χ1v) is 9.36. The standard InChI is InChI=1S/C20H19N3O3S/c1-14-11-18(24)23-20(22-14)27-13-19(25)21-12-15-7-9-17(10-8-15)26-16-5-3-2-4-6-16/h2-11H,12-13H2,1H3,(H,21,25)(H,22,23,24). The Morgan fingerprint density at radius 2 is 1.81 bits per heavy atom. The average molecular weight is 381 g/mol. The van der Waals surface area contributed by atoms with Gasteiger partial charge in [-0.2, -0.15) is 0 Å². The number of benzene rings is 2. The summed E-state index contributed by atoms with van der Waals surface area (Å²) in [7, 11) is 0. The molecule has 3 aromatic rings. The van der Waals surface area contributed by atoms with E-state index in [1.54, 1.807) is 6.92 Å². The molecule has 0 spiro atoms. The van der Waals surface area contributed by atoms with Crippen LogP contribution >= 0.6 is 11.8 Å². The fourth-order valence-electron chi connectivity index (χ4n) is 2.31. The minimum atomic E-state index is -0.219. The summed E-state index contributed by atoms with van der Waals surface area (Å²) in [5, 5.41) is 3.29. The number of nitrogens with zero attached hydrogens (tertiary/aromatic N) is 1. The Labute approximate surface area is 161 Å². The molecule has 0 fully saturated rings. The third kappa shape index (κ3) is 6.00. The Morgan fingerprint density at radius 3 is 2.52 bits per heavy atom. The summed E-state index contributed by atoms with van der Waals surface area (Å²) in [6, 6.07) is 18.5. The van der Waals surface area contributed by atoms with Gasteiger partial charge in [-0.25, -0.2) is 4.98 Å². The minimum absolute atomic E-state index is 0.131. The number of thioether (sulfide) groups is 1. The van der Waals surface area contributed by atoms with Gasteiger partial charge in [0.05, 0.1) is 5.75 Å². The number of hydrogen-bond donors (Lipinski definition) is 2. The third-order valence-corrected chi connectivity index (χ3v) is 4.45. The normalized spacial score (nSPS) is 10.4. The van der Waals surface area contributed by atoms with Crippen LogP contribution in [-0.4, -0.2) is 21.6 Å². The van der Waals surface area contributed by atoms with Gasteiger partial charge in [-0.05, 0) is 36.8 Å². The summed E-state index contributed by atoms with van der Waals surface area (Å²) in [4.78, 5) is 30.2. The number of H-pyrrole nitrogens is 1. The molecule has 7 heteroatoms. The molecule has 0 aliphatic rings. The first-order chi connectivity index (χ1) is 13.1. The molecule has 2 aromatic carbocycles. The molecule has 0 atom stereocenters. The molecular weight excluding hydrogens is 362 g/mol. The number of carbonyl (C=O) groups is 1. The van der Waals surface area contributed by atoms with Crippen LogP contribution in [-0.2, 0) is 11.3 Å². The summed E-state index contributed by atoms with van der Waals surface area (Å²) < 4.78 is 5.74. The maximum Gasteiger partial charge on any atom is 0.251 e. The highest BCUT2D eigenvalue weighted by atomic mass is 32.2. The molecule has 138 valence electrons. The number of rotatable bonds is 7. The number of para-hydroxylation sites is 1. The summed E-state index contributed by atoms with van der Waals surface area (Å²) in [6.45, 7) is 2.16. The lowest BCUT2D eigenvalue weighted by Gasteiger charge is -2.08. The fourth-order valence-corrected chi connectivity index (χ4v) is 3.06. The Bertz CT molecular complexity index is 956. The molecule has 0 aliphatic heterocycles. The van der Waals surface area contributed by atoms with E-state index in [1.165, 1.54) is 17.8 Å². The van der Waals surface area contributed by atoms with Crippen molar-refractivity contribution in [2.45, 2.75) is 18.6 Å². The van der Waals surface area contributed by atoms with Crippen LogP contribution in [0.3, 0.4) is 0 Å². The number of hydrogen-bond acceptors (Lipinski definition) is 5. The van der Waals surface area contributed by atoms with Gasteiger partial charge in [0.1, 0.15) is 11.5 Å². The van der Waals surface area contributed by atoms with E-state index in [2.05, 4.69) is 15.3 Å². The zero-order valence-corrected chi connectivity index (χ0v) is 15.6. The second kappa shape index (κ2) is 9.05. The van der Waals surface area contributed by atoms with Crippen LogP contribution in [0.2, 0.25) is 0 Å². The monoisotopic (exact) mass is 381 g/mol. The topological polar surface area (TPSA) is 84.1 Å². The van der Waals surface area contributed by atoms with Crippen molar-refractivity contribution in [3.05, 3.63) is 82.3 Å². The van der Waals surface area contributed by atoms with E-state index in [0.29, 0.717) is 17.4 Å². The lowest BCUT2D eigenvalue weighted by molar-refractivity contribution is -0.118. The van der Waals surface area contributed by atoms with Gasteiger partial charge in [0.15, 0.2) is 5.16 Å². The van der Waals surface area contributed by atoms with Crippen molar-refractivity contribution < 1.29 is 9.53 Å². The predicted molar refractivity (Wildman–Crippen MR) is 105 cm³/mol. The maximum atomic E-state index is 12.0. The van der Waals surface area contributed by atoms with Crippen molar-refractivity contribution in [3.8, 4) is 11.5 Å². The zero-order chi connectivity index (χ0) is 19.1. The molecule has 0 saturated carbocycles. The Hall–Kier alpha value is -3.06. The molecule has 1 heterocycles. The highest BCUT2D eigenvalue weighted by Gasteiger charge is 2.06. The molecule has 3 rings (SSSR count). The van der Waals surface area contributed by atoms with Gasteiger partial charge in [-0.3, -0.25) is 9.59 Å². The smallest absolute Gasteiger partial charge is 0.251 e. The first-order valence-electron chi connectivity index (χ1n) is 8.38. The van der Waals surface area contributed by atoms with Crippen LogP contribution < -0.4 is 15.6 Å². The van der Waals surface area contributed by atoms with Crippen molar-refractivity contribution in [1.29, 1.82) is 0 Å². The Morgan fingerprint density at radius 1 is 1.11 bits per heavy atom. The summed E-state index contributed by atoms with van der Waals surface area (Å²) in [6.07, 6.45) is 0. The predicted octanol–water partition coefficient (Wildman–Crippen LogP) is 3.28. The summed E-state index contributed by atoms with van der Waals surface area (Å²) >= 11 is 1.20. The van der Waals surface area contributed by atoms with Gasteiger partial charge < -0.3 is 15.0 Å². The van der Waals surface area contributed by atoms with Crippen molar-refractivity contribution in [1.82, 2.24) is 15.3 Å². The van der Waals surface area contributed by atoms with Crippen molar-refractivity contribution >= 4 is 17.7 Å².